The molecule has 0 unspecified atom stereocenters. The Kier molecular flexibility index (Phi) is 3.80. The van der Waals surface area contributed by atoms with Crippen molar-refractivity contribution in [2.24, 2.45) is 0 Å². The van der Waals surface area contributed by atoms with E-state index in [4.69, 9.17) is 0 Å². The van der Waals surface area contributed by atoms with Crippen molar-refractivity contribution in [3.8, 4) is 11.1 Å². The van der Waals surface area contributed by atoms with Gasteiger partial charge in [-0.2, -0.15) is 0 Å². The minimum atomic E-state index is -3.19. The van der Waals surface area contributed by atoms with Crippen LogP contribution in [0, 0.1) is 6.92 Å². The fourth-order valence-corrected chi connectivity index (χ4v) is 4.20. The predicted octanol–water partition coefficient (Wildman–Crippen LogP) is 3.77. The van der Waals surface area contributed by atoms with Crippen LogP contribution < -0.4 is 0 Å². The minimum Gasteiger partial charge on any atom is -0.392 e. The lowest BCUT2D eigenvalue weighted by Crippen LogP contribution is -1.97. The van der Waals surface area contributed by atoms with E-state index in [1.54, 1.807) is 23.5 Å². The van der Waals surface area contributed by atoms with Gasteiger partial charge in [-0.25, -0.2) is 8.42 Å². The van der Waals surface area contributed by atoms with Crippen LogP contribution >= 0.6 is 11.3 Å². The molecule has 0 fully saturated rings. The largest absolute Gasteiger partial charge is 0.392 e. The molecule has 0 spiro atoms. The molecule has 3 nitrogen and oxygen atoms in total. The molecule has 2 aromatic carbocycles. The monoisotopic (exact) mass is 332 g/mol. The summed E-state index contributed by atoms with van der Waals surface area (Å²) in [5, 5.41) is 12.5. The Morgan fingerprint density at radius 3 is 2.50 bits per heavy atom. The number of benzene rings is 2. The quantitative estimate of drug-likeness (QED) is 0.794. The fraction of sp³-hybridized carbons (Fsp3) is 0.176. The number of aliphatic hydroxyl groups excluding tert-OH is 1. The van der Waals surface area contributed by atoms with Crippen LogP contribution in [0.2, 0.25) is 0 Å². The van der Waals surface area contributed by atoms with Crippen LogP contribution in [-0.4, -0.2) is 19.8 Å². The number of hydrogen-bond donors (Lipinski definition) is 1. The molecule has 5 heteroatoms. The molecule has 0 aliphatic rings. The molecular weight excluding hydrogens is 316 g/mol. The van der Waals surface area contributed by atoms with Gasteiger partial charge in [-0.1, -0.05) is 12.1 Å². The normalized spacial score (nSPS) is 12.0. The van der Waals surface area contributed by atoms with E-state index in [1.807, 2.05) is 31.2 Å². The Labute approximate surface area is 133 Å². The summed E-state index contributed by atoms with van der Waals surface area (Å²) < 4.78 is 24.5. The second-order valence-electron chi connectivity index (χ2n) is 5.39. The highest BCUT2D eigenvalue weighted by Gasteiger charge is 2.13. The van der Waals surface area contributed by atoms with Crippen molar-refractivity contribution in [1.82, 2.24) is 0 Å². The standard InChI is InChI=1S/C17H16O3S2/c1-11-7-13(22(2,19)20)4-5-14(11)16-10-21-17-6-3-12(9-18)8-15(16)17/h3-8,10,18H,9H2,1-2H3. The molecule has 22 heavy (non-hydrogen) atoms. The van der Waals surface area contributed by atoms with Gasteiger partial charge in [-0.05, 0) is 53.3 Å². The highest BCUT2D eigenvalue weighted by Crippen LogP contribution is 2.36. The topological polar surface area (TPSA) is 54.4 Å². The number of aliphatic hydroxyl groups is 1. The maximum Gasteiger partial charge on any atom is 0.175 e. The van der Waals surface area contributed by atoms with E-state index in [0.29, 0.717) is 4.90 Å². The number of rotatable bonds is 3. The van der Waals surface area contributed by atoms with Gasteiger partial charge in [-0.3, -0.25) is 0 Å². The molecule has 0 bridgehead atoms. The molecule has 0 atom stereocenters. The summed E-state index contributed by atoms with van der Waals surface area (Å²) in [6, 6.07) is 11.1. The van der Waals surface area contributed by atoms with Gasteiger partial charge >= 0.3 is 0 Å². The molecule has 1 heterocycles. The van der Waals surface area contributed by atoms with Crippen LogP contribution in [-0.2, 0) is 16.4 Å². The maximum absolute atomic E-state index is 11.7. The van der Waals surface area contributed by atoms with Gasteiger partial charge in [0.25, 0.3) is 0 Å². The van der Waals surface area contributed by atoms with Gasteiger partial charge in [0.05, 0.1) is 11.5 Å². The lowest BCUT2D eigenvalue weighted by Gasteiger charge is -2.08. The van der Waals surface area contributed by atoms with Crippen molar-refractivity contribution in [2.45, 2.75) is 18.4 Å². The first kappa shape index (κ1) is 15.2. The Morgan fingerprint density at radius 2 is 1.86 bits per heavy atom. The molecular formula is C17H16O3S2. The molecule has 1 N–H and O–H groups in total. The third-order valence-corrected chi connectivity index (χ3v) is 5.81. The number of fused-ring (bicyclic) bond motifs is 1. The second kappa shape index (κ2) is 5.50. The molecule has 0 saturated carbocycles. The zero-order valence-corrected chi connectivity index (χ0v) is 14.0. The SMILES string of the molecule is Cc1cc(S(C)(=O)=O)ccc1-c1csc2ccc(CO)cc12. The summed E-state index contributed by atoms with van der Waals surface area (Å²) in [6.45, 7) is 1.93. The summed E-state index contributed by atoms with van der Waals surface area (Å²) in [4.78, 5) is 0.337. The van der Waals surface area contributed by atoms with Crippen LogP contribution in [0.15, 0.2) is 46.7 Å². The van der Waals surface area contributed by atoms with Crippen molar-refractivity contribution >= 4 is 31.3 Å². The van der Waals surface area contributed by atoms with Crippen molar-refractivity contribution in [3.05, 3.63) is 52.9 Å². The van der Waals surface area contributed by atoms with Crippen molar-refractivity contribution < 1.29 is 13.5 Å². The smallest absolute Gasteiger partial charge is 0.175 e. The van der Waals surface area contributed by atoms with E-state index < -0.39 is 9.84 Å². The first-order valence-electron chi connectivity index (χ1n) is 6.82. The summed E-state index contributed by atoms with van der Waals surface area (Å²) in [7, 11) is -3.19. The second-order valence-corrected chi connectivity index (χ2v) is 8.31. The van der Waals surface area contributed by atoms with E-state index in [1.165, 1.54) is 6.26 Å². The number of sulfone groups is 1. The molecule has 1 aromatic heterocycles. The molecule has 0 aliphatic carbocycles. The lowest BCUT2D eigenvalue weighted by molar-refractivity contribution is 0.282. The van der Waals surface area contributed by atoms with E-state index in [0.717, 1.165) is 32.3 Å². The highest BCUT2D eigenvalue weighted by atomic mass is 32.2. The van der Waals surface area contributed by atoms with Gasteiger partial charge in [0.15, 0.2) is 9.84 Å². The van der Waals surface area contributed by atoms with Crippen LogP contribution in [0.3, 0.4) is 0 Å². The summed E-state index contributed by atoms with van der Waals surface area (Å²) in [6.07, 6.45) is 1.22. The Bertz CT molecular complexity index is 953. The van der Waals surface area contributed by atoms with E-state index >= 15 is 0 Å². The lowest BCUT2D eigenvalue weighted by atomic mass is 9.99. The molecule has 0 amide bonds. The van der Waals surface area contributed by atoms with Gasteiger partial charge in [0, 0.05) is 21.9 Å². The average Bonchev–Trinajstić information content (AvgIpc) is 2.89. The van der Waals surface area contributed by atoms with Gasteiger partial charge < -0.3 is 5.11 Å². The minimum absolute atomic E-state index is 0.0111. The zero-order valence-electron chi connectivity index (χ0n) is 12.3. The molecule has 0 radical (unpaired) electrons. The maximum atomic E-state index is 11.7. The summed E-state index contributed by atoms with van der Waals surface area (Å²) in [5.41, 5.74) is 3.90. The Morgan fingerprint density at radius 1 is 1.09 bits per heavy atom. The van der Waals surface area contributed by atoms with E-state index in [2.05, 4.69) is 5.38 Å². The number of hydrogen-bond acceptors (Lipinski definition) is 4. The van der Waals surface area contributed by atoms with Crippen molar-refractivity contribution in [2.75, 3.05) is 6.26 Å². The van der Waals surface area contributed by atoms with Crippen LogP contribution in [0.4, 0.5) is 0 Å². The Balaban J connectivity index is 2.19. The molecule has 3 rings (SSSR count). The van der Waals surface area contributed by atoms with Crippen LogP contribution in [0.25, 0.3) is 21.2 Å². The summed E-state index contributed by atoms with van der Waals surface area (Å²) in [5.74, 6) is 0. The fourth-order valence-electron chi connectivity index (χ4n) is 2.55. The third-order valence-electron chi connectivity index (χ3n) is 3.74. The molecule has 114 valence electrons. The van der Waals surface area contributed by atoms with Crippen LogP contribution in [0.5, 0.6) is 0 Å². The van der Waals surface area contributed by atoms with Crippen LogP contribution in [0.1, 0.15) is 11.1 Å². The van der Waals surface area contributed by atoms with Crippen molar-refractivity contribution in [3.63, 3.8) is 0 Å². The van der Waals surface area contributed by atoms with E-state index in [-0.39, 0.29) is 6.61 Å². The van der Waals surface area contributed by atoms with E-state index in [9.17, 15) is 13.5 Å². The predicted molar refractivity (Wildman–Crippen MR) is 91.0 cm³/mol. The van der Waals surface area contributed by atoms with Gasteiger partial charge in [0.1, 0.15) is 0 Å². The first-order valence-corrected chi connectivity index (χ1v) is 9.59. The molecule has 0 saturated heterocycles. The first-order chi connectivity index (χ1) is 10.4. The van der Waals surface area contributed by atoms with Gasteiger partial charge in [0.2, 0.25) is 0 Å². The molecule has 0 aliphatic heterocycles. The third kappa shape index (κ3) is 2.67. The zero-order chi connectivity index (χ0) is 15.9. The Hall–Kier alpha value is -1.69. The van der Waals surface area contributed by atoms with Crippen molar-refractivity contribution in [1.29, 1.82) is 0 Å². The molecule has 3 aromatic rings. The average molecular weight is 332 g/mol. The van der Waals surface area contributed by atoms with Gasteiger partial charge in [-0.15, -0.1) is 11.3 Å². The summed E-state index contributed by atoms with van der Waals surface area (Å²) >= 11 is 1.65. The number of aryl methyl sites for hydroxylation is 1. The number of thiophene rings is 1. The highest BCUT2D eigenvalue weighted by molar-refractivity contribution is 7.90.